The van der Waals surface area contributed by atoms with Crippen LogP contribution in [0.4, 0.5) is 11.5 Å². The van der Waals surface area contributed by atoms with Crippen LogP contribution < -0.4 is 15.0 Å². The molecule has 0 saturated carbocycles. The fourth-order valence-corrected chi connectivity index (χ4v) is 3.77. The van der Waals surface area contributed by atoms with Crippen molar-refractivity contribution in [3.63, 3.8) is 0 Å². The minimum Gasteiger partial charge on any atom is -0.446 e. The van der Waals surface area contributed by atoms with Crippen LogP contribution in [0.25, 0.3) is 0 Å². The minimum atomic E-state index is -0.566. The molecule has 11 nitrogen and oxygen atoms in total. The fourth-order valence-electron chi connectivity index (χ4n) is 3.77. The molecule has 1 saturated heterocycles. The molecule has 0 unspecified atom stereocenters. The molecule has 0 radical (unpaired) electrons. The van der Waals surface area contributed by atoms with E-state index in [-0.39, 0.29) is 17.7 Å². The molecule has 1 aliphatic heterocycles. The molecule has 0 spiro atoms. The van der Waals surface area contributed by atoms with Gasteiger partial charge >= 0.3 is 11.8 Å². The molecule has 0 aliphatic carbocycles. The molecule has 2 heterocycles. The van der Waals surface area contributed by atoms with Crippen molar-refractivity contribution in [3.8, 4) is 12.1 Å². The van der Waals surface area contributed by atoms with Gasteiger partial charge in [0.05, 0.1) is 11.6 Å². The van der Waals surface area contributed by atoms with E-state index in [1.165, 1.54) is 0 Å². The third kappa shape index (κ3) is 6.13. The van der Waals surface area contributed by atoms with Crippen molar-refractivity contribution >= 4 is 17.4 Å². The molecule has 1 fully saturated rings. The van der Waals surface area contributed by atoms with Crippen LogP contribution in [-0.2, 0) is 6.54 Å². The third-order valence-corrected chi connectivity index (χ3v) is 5.71. The number of carbonyl (C=O) groups excluding carboxylic acids is 1. The van der Waals surface area contributed by atoms with Crippen LogP contribution in [0.2, 0.25) is 0 Å². The maximum Gasteiger partial charge on any atom is 0.388 e. The molecule has 2 aromatic carbocycles. The smallest absolute Gasteiger partial charge is 0.388 e. The van der Waals surface area contributed by atoms with E-state index in [4.69, 9.17) is 10.00 Å². The van der Waals surface area contributed by atoms with E-state index in [1.807, 2.05) is 53.4 Å². The highest BCUT2D eigenvalue weighted by Gasteiger charge is 2.22. The van der Waals surface area contributed by atoms with Gasteiger partial charge in [-0.25, -0.2) is 0 Å². The molecule has 180 valence electrons. The second-order valence-electron chi connectivity index (χ2n) is 7.99. The zero-order chi connectivity index (χ0) is 24.6. The van der Waals surface area contributed by atoms with Gasteiger partial charge in [0.15, 0.2) is 0 Å². The van der Waals surface area contributed by atoms with Crippen LogP contribution in [0, 0.1) is 21.4 Å². The first kappa shape index (κ1) is 23.7. The quantitative estimate of drug-likeness (QED) is 0.273. The Bertz CT molecular complexity index is 1190. The molecular weight excluding hydrogens is 450 g/mol. The number of benzene rings is 2. The monoisotopic (exact) mass is 475 g/mol. The Kier molecular flexibility index (Phi) is 7.54. The number of hydrogen-bond donors (Lipinski definition) is 2. The number of aromatic amines is 1. The standard InChI is InChI=1S/C24H25N7O4/c25-15-18-3-7-21(8-4-18)29-10-12-30(13-11-29)23(32)20-5-1-19(2-6-20)16-26-9-14-35-24-27-17-22(28-24)31(33)34/h1-8,17,26H,9-14,16H2,(H,27,28). The minimum absolute atomic E-state index is 0.0185. The highest BCUT2D eigenvalue weighted by Crippen LogP contribution is 2.18. The Hall–Kier alpha value is -4.43. The van der Waals surface area contributed by atoms with Crippen molar-refractivity contribution in [3.05, 3.63) is 81.5 Å². The van der Waals surface area contributed by atoms with Crippen LogP contribution in [0.5, 0.6) is 6.01 Å². The normalized spacial score (nSPS) is 13.3. The summed E-state index contributed by atoms with van der Waals surface area (Å²) in [6.07, 6.45) is 1.11. The molecule has 2 N–H and O–H groups in total. The molecule has 1 aromatic heterocycles. The molecule has 1 aliphatic rings. The molecular formula is C24H25N7O4. The topological polar surface area (TPSA) is 140 Å². The summed E-state index contributed by atoms with van der Waals surface area (Å²) in [7, 11) is 0. The van der Waals surface area contributed by atoms with Gasteiger partial charge in [0, 0.05) is 50.5 Å². The number of H-pyrrole nitrogens is 1. The van der Waals surface area contributed by atoms with Gasteiger partial charge in [-0.1, -0.05) is 12.1 Å². The van der Waals surface area contributed by atoms with Crippen LogP contribution in [0.1, 0.15) is 21.5 Å². The number of carbonyl (C=O) groups is 1. The van der Waals surface area contributed by atoms with Gasteiger partial charge < -0.3 is 30.0 Å². The molecule has 0 atom stereocenters. The zero-order valence-electron chi connectivity index (χ0n) is 19.0. The van der Waals surface area contributed by atoms with Gasteiger partial charge in [0.1, 0.15) is 12.8 Å². The van der Waals surface area contributed by atoms with Gasteiger partial charge in [-0.3, -0.25) is 4.79 Å². The van der Waals surface area contributed by atoms with Crippen LogP contribution in [0.15, 0.2) is 54.7 Å². The predicted octanol–water partition coefficient (Wildman–Crippen LogP) is 2.32. The van der Waals surface area contributed by atoms with Gasteiger partial charge in [0.25, 0.3) is 5.91 Å². The average Bonchev–Trinajstić information content (AvgIpc) is 3.38. The Morgan fingerprint density at radius 3 is 2.49 bits per heavy atom. The molecule has 1 amide bonds. The fraction of sp³-hybridized carbons (Fsp3) is 0.292. The lowest BCUT2D eigenvalue weighted by molar-refractivity contribution is -0.389. The van der Waals surface area contributed by atoms with Crippen molar-refractivity contribution in [2.75, 3.05) is 44.2 Å². The number of ether oxygens (including phenoxy) is 1. The van der Waals surface area contributed by atoms with Gasteiger partial charge in [-0.15, -0.1) is 0 Å². The first-order valence-corrected chi connectivity index (χ1v) is 11.2. The molecule has 3 aromatic rings. The van der Waals surface area contributed by atoms with E-state index < -0.39 is 4.92 Å². The first-order valence-electron chi connectivity index (χ1n) is 11.2. The number of piperazine rings is 1. The number of nitriles is 1. The number of rotatable bonds is 9. The largest absolute Gasteiger partial charge is 0.446 e. The summed E-state index contributed by atoms with van der Waals surface area (Å²) in [5, 5.41) is 22.8. The average molecular weight is 476 g/mol. The summed E-state index contributed by atoms with van der Waals surface area (Å²) in [5.74, 6) is -0.194. The lowest BCUT2D eigenvalue weighted by Crippen LogP contribution is -2.48. The molecule has 11 heteroatoms. The van der Waals surface area contributed by atoms with Crippen molar-refractivity contribution in [2.45, 2.75) is 6.54 Å². The van der Waals surface area contributed by atoms with E-state index in [9.17, 15) is 14.9 Å². The Labute approximate surface area is 202 Å². The van der Waals surface area contributed by atoms with Crippen LogP contribution >= 0.6 is 0 Å². The van der Waals surface area contributed by atoms with Gasteiger partial charge in [-0.2, -0.15) is 15.2 Å². The van der Waals surface area contributed by atoms with E-state index in [2.05, 4.69) is 26.3 Å². The van der Waals surface area contributed by atoms with E-state index >= 15 is 0 Å². The highest BCUT2D eigenvalue weighted by atomic mass is 16.6. The first-order chi connectivity index (χ1) is 17.0. The van der Waals surface area contributed by atoms with Crippen molar-refractivity contribution in [1.29, 1.82) is 5.26 Å². The number of nitrogens with one attached hydrogen (secondary N) is 2. The summed E-state index contributed by atoms with van der Waals surface area (Å²) in [5.41, 5.74) is 3.38. The van der Waals surface area contributed by atoms with E-state index in [0.717, 1.165) is 30.5 Å². The molecule has 35 heavy (non-hydrogen) atoms. The van der Waals surface area contributed by atoms with Gasteiger partial charge in [-0.05, 0) is 46.9 Å². The summed E-state index contributed by atoms with van der Waals surface area (Å²) in [6.45, 7) is 4.19. The summed E-state index contributed by atoms with van der Waals surface area (Å²) < 4.78 is 5.34. The zero-order valence-corrected chi connectivity index (χ0v) is 19.0. The molecule has 0 bridgehead atoms. The second kappa shape index (κ2) is 11.1. The third-order valence-electron chi connectivity index (χ3n) is 5.71. The summed E-state index contributed by atoms with van der Waals surface area (Å²) in [6, 6.07) is 17.3. The number of nitrogens with zero attached hydrogens (tertiary/aromatic N) is 5. The SMILES string of the molecule is N#Cc1ccc(N2CCN(C(=O)c3ccc(CNCCOc4ncc([N+](=O)[O-])[nH]4)cc3)CC2)cc1. The number of anilines is 1. The number of aromatic nitrogens is 2. The Balaban J connectivity index is 1.18. The maximum atomic E-state index is 12.9. The number of nitro groups is 1. The number of amides is 1. The highest BCUT2D eigenvalue weighted by molar-refractivity contribution is 5.94. The summed E-state index contributed by atoms with van der Waals surface area (Å²) >= 11 is 0. The van der Waals surface area contributed by atoms with Crippen LogP contribution in [-0.4, -0.2) is 65.0 Å². The predicted molar refractivity (Wildman–Crippen MR) is 128 cm³/mol. The number of hydrogen-bond acceptors (Lipinski definition) is 8. The Morgan fingerprint density at radius 1 is 1.14 bits per heavy atom. The van der Waals surface area contributed by atoms with Crippen LogP contribution in [0.3, 0.4) is 0 Å². The van der Waals surface area contributed by atoms with E-state index in [1.54, 1.807) is 0 Å². The van der Waals surface area contributed by atoms with Crippen molar-refractivity contribution in [2.24, 2.45) is 0 Å². The Morgan fingerprint density at radius 2 is 1.86 bits per heavy atom. The van der Waals surface area contributed by atoms with Crippen molar-refractivity contribution < 1.29 is 14.5 Å². The van der Waals surface area contributed by atoms with Crippen molar-refractivity contribution in [1.82, 2.24) is 20.2 Å². The van der Waals surface area contributed by atoms with Gasteiger partial charge in [0.2, 0.25) is 0 Å². The molecule has 4 rings (SSSR count). The lowest BCUT2D eigenvalue weighted by atomic mass is 10.1. The number of imidazole rings is 1. The second-order valence-corrected chi connectivity index (χ2v) is 7.99. The maximum absolute atomic E-state index is 12.9. The summed E-state index contributed by atoms with van der Waals surface area (Å²) in [4.78, 5) is 33.3. The lowest BCUT2D eigenvalue weighted by Gasteiger charge is -2.36. The van der Waals surface area contributed by atoms with E-state index in [0.29, 0.717) is 43.9 Å².